The Labute approximate surface area is 70.3 Å². The van der Waals surface area contributed by atoms with E-state index in [-0.39, 0.29) is 17.7 Å². The van der Waals surface area contributed by atoms with E-state index < -0.39 is 0 Å². The number of pyridine rings is 1. The summed E-state index contributed by atoms with van der Waals surface area (Å²) >= 11 is 0. The quantitative estimate of drug-likeness (QED) is 0.613. The molecule has 0 unspecified atom stereocenters. The fourth-order valence-corrected chi connectivity index (χ4v) is 1.10. The molecule has 0 aliphatic carbocycles. The Kier molecular flexibility index (Phi) is 2.19. The third-order valence-corrected chi connectivity index (χ3v) is 1.97. The van der Waals surface area contributed by atoms with Gasteiger partial charge >= 0.3 is 0 Å². The molecule has 0 radical (unpaired) electrons. The van der Waals surface area contributed by atoms with Crippen LogP contribution < -0.4 is 11.2 Å². The van der Waals surface area contributed by atoms with E-state index in [0.717, 1.165) is 5.69 Å². The Bertz CT molecular complexity index is 355. The van der Waals surface area contributed by atoms with Crippen molar-refractivity contribution in [2.45, 2.75) is 13.5 Å². The summed E-state index contributed by atoms with van der Waals surface area (Å²) in [6, 6.07) is 1.38. The van der Waals surface area contributed by atoms with Crippen LogP contribution in [0.3, 0.4) is 0 Å². The zero-order chi connectivity index (χ0) is 9.30. The molecule has 66 valence electrons. The van der Waals surface area contributed by atoms with Crippen LogP contribution in [0, 0.1) is 6.92 Å². The number of hydrogen-bond acceptors (Lipinski definition) is 3. The lowest BCUT2D eigenvalue weighted by Gasteiger charge is -2.10. The molecule has 1 heterocycles. The van der Waals surface area contributed by atoms with Crippen LogP contribution in [0.25, 0.3) is 0 Å². The molecule has 0 aromatic carbocycles. The lowest BCUT2D eigenvalue weighted by molar-refractivity contribution is 0.452. The van der Waals surface area contributed by atoms with Gasteiger partial charge in [-0.1, -0.05) is 0 Å². The number of aromatic nitrogens is 1. The van der Waals surface area contributed by atoms with Crippen LogP contribution in [0.4, 0.5) is 0 Å². The minimum absolute atomic E-state index is 0.166. The van der Waals surface area contributed by atoms with E-state index in [9.17, 15) is 9.90 Å². The summed E-state index contributed by atoms with van der Waals surface area (Å²) in [6.07, 6.45) is 0. The highest BCUT2D eigenvalue weighted by Gasteiger charge is 2.07. The fourth-order valence-electron chi connectivity index (χ4n) is 1.10. The summed E-state index contributed by atoms with van der Waals surface area (Å²) in [4.78, 5) is 11.1. The molecule has 4 nitrogen and oxygen atoms in total. The lowest BCUT2D eigenvalue weighted by Crippen LogP contribution is -2.16. The average molecular weight is 168 g/mol. The number of aromatic hydroxyl groups is 1. The summed E-state index contributed by atoms with van der Waals surface area (Å²) in [6.45, 7) is 1.96. The van der Waals surface area contributed by atoms with Gasteiger partial charge in [0.2, 0.25) is 5.43 Å². The van der Waals surface area contributed by atoms with Gasteiger partial charge in [0.15, 0.2) is 5.75 Å². The Morgan fingerprint density at radius 3 is 2.75 bits per heavy atom. The molecule has 0 atom stereocenters. The third-order valence-electron chi connectivity index (χ3n) is 1.97. The first-order valence-corrected chi connectivity index (χ1v) is 3.66. The van der Waals surface area contributed by atoms with E-state index in [1.807, 2.05) is 0 Å². The first kappa shape index (κ1) is 8.80. The van der Waals surface area contributed by atoms with Crippen molar-refractivity contribution >= 4 is 0 Å². The van der Waals surface area contributed by atoms with Crippen molar-refractivity contribution in [3.05, 3.63) is 27.7 Å². The molecular weight excluding hydrogens is 156 g/mol. The summed E-state index contributed by atoms with van der Waals surface area (Å²) in [5.74, 6) is -0.245. The summed E-state index contributed by atoms with van der Waals surface area (Å²) < 4.78 is 1.71. The van der Waals surface area contributed by atoms with Crippen molar-refractivity contribution in [2.24, 2.45) is 12.8 Å². The Morgan fingerprint density at radius 1 is 1.67 bits per heavy atom. The van der Waals surface area contributed by atoms with Crippen molar-refractivity contribution in [1.82, 2.24) is 4.57 Å². The molecule has 1 aromatic rings. The zero-order valence-corrected chi connectivity index (χ0v) is 7.16. The Hall–Kier alpha value is -1.29. The van der Waals surface area contributed by atoms with Gasteiger partial charge in [-0.15, -0.1) is 0 Å². The van der Waals surface area contributed by atoms with Gasteiger partial charge in [-0.05, 0) is 6.92 Å². The monoisotopic (exact) mass is 168 g/mol. The highest BCUT2D eigenvalue weighted by molar-refractivity contribution is 5.29. The van der Waals surface area contributed by atoms with Crippen molar-refractivity contribution in [3.8, 4) is 5.75 Å². The molecule has 0 aliphatic heterocycles. The van der Waals surface area contributed by atoms with Gasteiger partial charge in [0.25, 0.3) is 0 Å². The van der Waals surface area contributed by atoms with Crippen LogP contribution in [-0.2, 0) is 13.6 Å². The molecule has 1 rings (SSSR count). The topological polar surface area (TPSA) is 68.2 Å². The normalized spacial score (nSPS) is 10.2. The molecule has 12 heavy (non-hydrogen) atoms. The van der Waals surface area contributed by atoms with Crippen LogP contribution in [-0.4, -0.2) is 9.67 Å². The van der Waals surface area contributed by atoms with Crippen LogP contribution >= 0.6 is 0 Å². The second-order valence-electron chi connectivity index (χ2n) is 2.71. The predicted octanol–water partition coefficient (Wildman–Crippen LogP) is -0.142. The van der Waals surface area contributed by atoms with Gasteiger partial charge in [0.1, 0.15) is 0 Å². The molecule has 0 amide bonds. The standard InChI is InChI=1S/C8H12N2O2/c1-5-3-7(11)8(12)6(4-9)10(5)2/h3,12H,4,9H2,1-2H3. The summed E-state index contributed by atoms with van der Waals surface area (Å²) in [5, 5.41) is 9.29. The van der Waals surface area contributed by atoms with Crippen LogP contribution in [0.2, 0.25) is 0 Å². The molecule has 0 saturated carbocycles. The Balaban J connectivity index is 3.53. The van der Waals surface area contributed by atoms with E-state index in [4.69, 9.17) is 5.73 Å². The highest BCUT2D eigenvalue weighted by Crippen LogP contribution is 2.10. The van der Waals surface area contributed by atoms with Crippen molar-refractivity contribution in [1.29, 1.82) is 0 Å². The van der Waals surface area contributed by atoms with E-state index in [1.54, 1.807) is 18.5 Å². The van der Waals surface area contributed by atoms with Crippen molar-refractivity contribution < 1.29 is 5.11 Å². The number of hydrogen-bond donors (Lipinski definition) is 2. The van der Waals surface area contributed by atoms with Gasteiger partial charge < -0.3 is 15.4 Å². The maximum Gasteiger partial charge on any atom is 0.223 e. The maximum absolute atomic E-state index is 11.1. The average Bonchev–Trinajstić information content (AvgIpc) is 2.02. The van der Waals surface area contributed by atoms with Gasteiger partial charge in [-0.2, -0.15) is 0 Å². The molecule has 0 aliphatic rings. The van der Waals surface area contributed by atoms with Crippen LogP contribution in [0.1, 0.15) is 11.4 Å². The third kappa shape index (κ3) is 1.21. The predicted molar refractivity (Wildman–Crippen MR) is 46.0 cm³/mol. The summed E-state index contributed by atoms with van der Waals surface area (Å²) in [5.41, 5.74) is 6.26. The highest BCUT2D eigenvalue weighted by atomic mass is 16.3. The van der Waals surface area contributed by atoms with Gasteiger partial charge in [-0.3, -0.25) is 4.79 Å². The molecule has 0 saturated heterocycles. The molecule has 3 N–H and O–H groups in total. The molecule has 1 aromatic heterocycles. The van der Waals surface area contributed by atoms with Crippen LogP contribution in [0.5, 0.6) is 5.75 Å². The number of nitrogens with two attached hydrogens (primary N) is 1. The van der Waals surface area contributed by atoms with Gasteiger partial charge in [0.05, 0.1) is 5.69 Å². The van der Waals surface area contributed by atoms with Gasteiger partial charge in [-0.25, -0.2) is 0 Å². The molecule has 0 spiro atoms. The smallest absolute Gasteiger partial charge is 0.223 e. The molecule has 0 bridgehead atoms. The first-order valence-electron chi connectivity index (χ1n) is 3.66. The number of aryl methyl sites for hydroxylation is 1. The van der Waals surface area contributed by atoms with E-state index in [0.29, 0.717) is 5.69 Å². The molecule has 4 heteroatoms. The SMILES string of the molecule is Cc1cc(=O)c(O)c(CN)n1C. The molecule has 0 fully saturated rings. The first-order chi connectivity index (χ1) is 5.57. The Morgan fingerprint density at radius 2 is 2.25 bits per heavy atom. The second-order valence-corrected chi connectivity index (χ2v) is 2.71. The lowest BCUT2D eigenvalue weighted by atomic mass is 10.2. The largest absolute Gasteiger partial charge is 0.503 e. The van der Waals surface area contributed by atoms with Crippen molar-refractivity contribution in [2.75, 3.05) is 0 Å². The van der Waals surface area contributed by atoms with E-state index >= 15 is 0 Å². The second kappa shape index (κ2) is 2.98. The number of nitrogens with zero attached hydrogens (tertiary/aromatic N) is 1. The minimum atomic E-state index is -0.369. The van der Waals surface area contributed by atoms with Crippen LogP contribution in [0.15, 0.2) is 10.9 Å². The van der Waals surface area contributed by atoms with Gasteiger partial charge in [0, 0.05) is 25.4 Å². The van der Waals surface area contributed by atoms with E-state index in [2.05, 4.69) is 0 Å². The fraction of sp³-hybridized carbons (Fsp3) is 0.375. The maximum atomic E-state index is 11.1. The zero-order valence-electron chi connectivity index (χ0n) is 7.16. The van der Waals surface area contributed by atoms with E-state index in [1.165, 1.54) is 6.07 Å². The van der Waals surface area contributed by atoms with Crippen molar-refractivity contribution in [3.63, 3.8) is 0 Å². The minimum Gasteiger partial charge on any atom is -0.503 e. The molecular formula is C8H12N2O2. The number of rotatable bonds is 1. The summed E-state index contributed by atoms with van der Waals surface area (Å²) in [7, 11) is 1.76.